The SMILES string of the molecule is CC(C)(C)NCC1(Cc2cc(Br)ccc2F)CCCCC1. The third-order valence-corrected chi connectivity index (χ3v) is 4.97. The van der Waals surface area contributed by atoms with Crippen molar-refractivity contribution in [1.82, 2.24) is 5.32 Å². The van der Waals surface area contributed by atoms with E-state index in [1.54, 1.807) is 12.1 Å². The van der Waals surface area contributed by atoms with E-state index < -0.39 is 0 Å². The fraction of sp³-hybridized carbons (Fsp3) is 0.667. The molecule has 0 atom stereocenters. The minimum atomic E-state index is -0.0705. The molecule has 1 aromatic rings. The van der Waals surface area contributed by atoms with Crippen molar-refractivity contribution in [2.75, 3.05) is 6.54 Å². The van der Waals surface area contributed by atoms with Crippen LogP contribution in [0.4, 0.5) is 4.39 Å². The van der Waals surface area contributed by atoms with Gasteiger partial charge in [-0.2, -0.15) is 0 Å². The van der Waals surface area contributed by atoms with Crippen LogP contribution in [0.3, 0.4) is 0 Å². The van der Waals surface area contributed by atoms with Gasteiger partial charge in [-0.3, -0.25) is 0 Å². The van der Waals surface area contributed by atoms with Crippen LogP contribution in [0, 0.1) is 11.2 Å². The van der Waals surface area contributed by atoms with Crippen LogP contribution >= 0.6 is 15.9 Å². The van der Waals surface area contributed by atoms with E-state index in [4.69, 9.17) is 0 Å². The molecule has 1 fully saturated rings. The van der Waals surface area contributed by atoms with Crippen LogP contribution in [0.25, 0.3) is 0 Å². The molecule has 0 amide bonds. The van der Waals surface area contributed by atoms with E-state index in [1.165, 1.54) is 32.1 Å². The lowest BCUT2D eigenvalue weighted by Crippen LogP contribution is -2.45. The molecular weight excluding hydrogens is 329 g/mol. The maximum atomic E-state index is 14.1. The Hall–Kier alpha value is -0.410. The second kappa shape index (κ2) is 6.78. The van der Waals surface area contributed by atoms with Gasteiger partial charge in [0.2, 0.25) is 0 Å². The normalized spacial score (nSPS) is 18.7. The van der Waals surface area contributed by atoms with Crippen molar-refractivity contribution in [1.29, 1.82) is 0 Å². The van der Waals surface area contributed by atoms with E-state index in [2.05, 4.69) is 42.0 Å². The topological polar surface area (TPSA) is 12.0 Å². The first-order chi connectivity index (χ1) is 9.80. The Labute approximate surface area is 136 Å². The summed E-state index contributed by atoms with van der Waals surface area (Å²) in [5, 5.41) is 3.65. The van der Waals surface area contributed by atoms with E-state index >= 15 is 0 Å². The van der Waals surface area contributed by atoms with E-state index in [0.29, 0.717) is 0 Å². The van der Waals surface area contributed by atoms with Gasteiger partial charge >= 0.3 is 0 Å². The first kappa shape index (κ1) is 17.0. The highest BCUT2D eigenvalue weighted by Crippen LogP contribution is 2.40. The van der Waals surface area contributed by atoms with Crippen LogP contribution < -0.4 is 5.32 Å². The predicted octanol–water partition coefficient (Wildman–Crippen LogP) is 5.47. The summed E-state index contributed by atoms with van der Waals surface area (Å²) in [6.45, 7) is 7.57. The zero-order valence-electron chi connectivity index (χ0n) is 13.4. The minimum absolute atomic E-state index is 0.0705. The monoisotopic (exact) mass is 355 g/mol. The van der Waals surface area contributed by atoms with Gasteiger partial charge in [-0.25, -0.2) is 4.39 Å². The summed E-state index contributed by atoms with van der Waals surface area (Å²) in [5.41, 5.74) is 1.16. The largest absolute Gasteiger partial charge is 0.312 e. The molecule has 0 radical (unpaired) electrons. The lowest BCUT2D eigenvalue weighted by atomic mass is 9.70. The molecule has 1 aliphatic carbocycles. The van der Waals surface area contributed by atoms with Crippen LogP contribution in [0.2, 0.25) is 0 Å². The summed E-state index contributed by atoms with van der Waals surface area (Å²) in [6.07, 6.45) is 7.08. The van der Waals surface area contributed by atoms with Gasteiger partial charge in [-0.15, -0.1) is 0 Å². The summed E-state index contributed by atoms with van der Waals surface area (Å²) >= 11 is 3.47. The quantitative estimate of drug-likeness (QED) is 0.754. The lowest BCUT2D eigenvalue weighted by Gasteiger charge is -2.40. The van der Waals surface area contributed by atoms with Crippen molar-refractivity contribution in [3.8, 4) is 0 Å². The molecule has 1 aliphatic rings. The summed E-state index contributed by atoms with van der Waals surface area (Å²) in [7, 11) is 0. The van der Waals surface area contributed by atoms with E-state index in [0.717, 1.165) is 23.0 Å². The Morgan fingerprint density at radius 1 is 1.19 bits per heavy atom. The van der Waals surface area contributed by atoms with Crippen LogP contribution in [0.15, 0.2) is 22.7 Å². The average molecular weight is 356 g/mol. The van der Waals surface area contributed by atoms with E-state index in [9.17, 15) is 4.39 Å². The molecule has 0 heterocycles. The highest BCUT2D eigenvalue weighted by molar-refractivity contribution is 9.10. The van der Waals surface area contributed by atoms with Crippen molar-refractivity contribution >= 4 is 15.9 Å². The van der Waals surface area contributed by atoms with Crippen molar-refractivity contribution in [3.05, 3.63) is 34.1 Å². The third kappa shape index (κ3) is 5.07. The highest BCUT2D eigenvalue weighted by atomic mass is 79.9. The van der Waals surface area contributed by atoms with Crippen LogP contribution in [-0.2, 0) is 6.42 Å². The van der Waals surface area contributed by atoms with Crippen molar-refractivity contribution in [2.45, 2.75) is 64.8 Å². The molecule has 1 nitrogen and oxygen atoms in total. The van der Waals surface area contributed by atoms with Gasteiger partial charge in [0, 0.05) is 16.6 Å². The van der Waals surface area contributed by atoms with Gasteiger partial charge in [0.15, 0.2) is 0 Å². The molecule has 1 aromatic carbocycles. The zero-order chi connectivity index (χ0) is 15.5. The van der Waals surface area contributed by atoms with Crippen LogP contribution in [0.1, 0.15) is 58.4 Å². The van der Waals surface area contributed by atoms with Crippen LogP contribution in [-0.4, -0.2) is 12.1 Å². The zero-order valence-corrected chi connectivity index (χ0v) is 15.0. The summed E-state index contributed by atoms with van der Waals surface area (Å²) < 4.78 is 15.1. The Balaban J connectivity index is 2.17. The number of halogens is 2. The Kier molecular flexibility index (Phi) is 5.48. The van der Waals surface area contributed by atoms with Gasteiger partial charge in [0.1, 0.15) is 5.82 Å². The van der Waals surface area contributed by atoms with Gasteiger partial charge < -0.3 is 5.32 Å². The Morgan fingerprint density at radius 2 is 1.86 bits per heavy atom. The van der Waals surface area contributed by atoms with Gasteiger partial charge in [-0.1, -0.05) is 35.2 Å². The molecule has 2 rings (SSSR count). The fourth-order valence-electron chi connectivity index (χ4n) is 3.25. The van der Waals surface area contributed by atoms with Crippen molar-refractivity contribution in [3.63, 3.8) is 0 Å². The molecule has 0 bridgehead atoms. The first-order valence-corrected chi connectivity index (χ1v) is 8.78. The summed E-state index contributed by atoms with van der Waals surface area (Å²) in [6, 6.07) is 5.30. The van der Waals surface area contributed by atoms with Crippen molar-refractivity contribution < 1.29 is 4.39 Å². The second-order valence-corrected chi connectivity index (χ2v) is 8.49. The van der Waals surface area contributed by atoms with E-state index in [-0.39, 0.29) is 16.8 Å². The molecule has 1 saturated carbocycles. The molecule has 0 spiro atoms. The molecule has 21 heavy (non-hydrogen) atoms. The Morgan fingerprint density at radius 3 is 2.48 bits per heavy atom. The summed E-state index contributed by atoms with van der Waals surface area (Å²) in [5.74, 6) is -0.0705. The maximum absolute atomic E-state index is 14.1. The van der Waals surface area contributed by atoms with Crippen LogP contribution in [0.5, 0.6) is 0 Å². The minimum Gasteiger partial charge on any atom is -0.312 e. The standard InChI is InChI=1S/C18H27BrFN/c1-17(2,3)21-13-18(9-5-4-6-10-18)12-14-11-15(19)7-8-16(14)20/h7-8,11,21H,4-6,9-10,12-13H2,1-3H3. The Bertz CT molecular complexity index is 473. The first-order valence-electron chi connectivity index (χ1n) is 7.99. The lowest BCUT2D eigenvalue weighted by molar-refractivity contribution is 0.164. The number of nitrogens with one attached hydrogen (secondary N) is 1. The maximum Gasteiger partial charge on any atom is 0.126 e. The molecular formula is C18H27BrFN. The number of benzene rings is 1. The predicted molar refractivity (Wildman–Crippen MR) is 91.1 cm³/mol. The number of hydrogen-bond donors (Lipinski definition) is 1. The number of hydrogen-bond acceptors (Lipinski definition) is 1. The molecule has 1 N–H and O–H groups in total. The molecule has 0 aliphatic heterocycles. The fourth-order valence-corrected chi connectivity index (χ4v) is 3.66. The molecule has 0 saturated heterocycles. The molecule has 0 unspecified atom stereocenters. The van der Waals surface area contributed by atoms with E-state index in [1.807, 2.05) is 6.07 Å². The van der Waals surface area contributed by atoms with Gasteiger partial charge in [0.05, 0.1) is 0 Å². The number of rotatable bonds is 4. The molecule has 3 heteroatoms. The van der Waals surface area contributed by atoms with Gasteiger partial charge in [-0.05, 0) is 69.2 Å². The smallest absolute Gasteiger partial charge is 0.126 e. The molecule has 0 aromatic heterocycles. The van der Waals surface area contributed by atoms with Gasteiger partial charge in [0.25, 0.3) is 0 Å². The second-order valence-electron chi connectivity index (χ2n) is 7.58. The average Bonchev–Trinajstić information content (AvgIpc) is 2.41. The third-order valence-electron chi connectivity index (χ3n) is 4.48. The highest BCUT2D eigenvalue weighted by Gasteiger charge is 2.33. The molecule has 118 valence electrons. The summed E-state index contributed by atoms with van der Waals surface area (Å²) in [4.78, 5) is 0. The van der Waals surface area contributed by atoms with Crippen molar-refractivity contribution in [2.24, 2.45) is 5.41 Å².